The van der Waals surface area contributed by atoms with Gasteiger partial charge in [0, 0.05) is 12.8 Å². The Labute approximate surface area is 120 Å². The monoisotopic (exact) mass is 294 g/mol. The largest absolute Gasteiger partial charge is 0.383 e. The molecule has 0 spiro atoms. The number of nitrogens with two attached hydrogens (primary N) is 1. The summed E-state index contributed by atoms with van der Waals surface area (Å²) in [4.78, 5) is 11.8. The number of hydrogen-bond donors (Lipinski definition) is 2. The van der Waals surface area contributed by atoms with Gasteiger partial charge in [0.05, 0.1) is 6.61 Å². The minimum Gasteiger partial charge on any atom is -0.383 e. The van der Waals surface area contributed by atoms with E-state index in [-0.39, 0.29) is 12.3 Å². The van der Waals surface area contributed by atoms with Crippen LogP contribution in [-0.4, -0.2) is 45.9 Å². The van der Waals surface area contributed by atoms with Crippen molar-refractivity contribution in [2.24, 2.45) is 5.73 Å². The second kappa shape index (κ2) is 6.37. The number of aryl methyl sites for hydroxylation is 1. The highest BCUT2D eigenvalue weighted by atomic mass is 19.1. The maximum atomic E-state index is 13.9. The molecular weight excluding hydrogens is 279 g/mol. The zero-order valence-electron chi connectivity index (χ0n) is 11.6. The van der Waals surface area contributed by atoms with Crippen molar-refractivity contribution in [1.29, 1.82) is 0 Å². The minimum atomic E-state index is -0.807. The summed E-state index contributed by atoms with van der Waals surface area (Å²) in [6.07, 6.45) is 0. The number of methoxy groups -OCH3 is 1. The number of carbonyl (C=O) groups is 1. The van der Waals surface area contributed by atoms with Crippen LogP contribution in [0.1, 0.15) is 5.82 Å². The molecule has 0 aliphatic rings. The van der Waals surface area contributed by atoms with E-state index in [1.54, 1.807) is 6.92 Å². The van der Waals surface area contributed by atoms with Gasteiger partial charge < -0.3 is 15.8 Å². The van der Waals surface area contributed by atoms with Crippen molar-refractivity contribution < 1.29 is 13.9 Å². The number of amides is 1. The average Bonchev–Trinajstić information content (AvgIpc) is 2.87. The lowest BCUT2D eigenvalue weighted by Gasteiger charge is -2.12. The van der Waals surface area contributed by atoms with Crippen molar-refractivity contribution in [3.8, 4) is 5.69 Å². The minimum absolute atomic E-state index is 0.0893. The number of nitrogens with zero attached hydrogens (tertiary/aromatic N) is 4. The Morgan fingerprint density at radius 3 is 2.95 bits per heavy atom. The number of anilines is 1. The molecule has 2 aromatic rings. The summed E-state index contributed by atoms with van der Waals surface area (Å²) in [5.74, 6) is -0.513. The van der Waals surface area contributed by atoms with Crippen LogP contribution in [0.3, 0.4) is 0 Å². The van der Waals surface area contributed by atoms with E-state index in [1.165, 1.54) is 30.0 Å². The number of tetrazole rings is 1. The summed E-state index contributed by atoms with van der Waals surface area (Å²) in [5, 5.41) is 13.4. The molecule has 1 heterocycles. The molecule has 1 aromatic carbocycles. The number of aromatic nitrogens is 4. The van der Waals surface area contributed by atoms with E-state index in [4.69, 9.17) is 10.5 Å². The lowest BCUT2D eigenvalue weighted by Crippen LogP contribution is -2.39. The van der Waals surface area contributed by atoms with E-state index in [0.29, 0.717) is 11.5 Å². The van der Waals surface area contributed by atoms with Crippen molar-refractivity contribution in [3.05, 3.63) is 29.8 Å². The molecule has 112 valence electrons. The first-order valence-corrected chi connectivity index (χ1v) is 6.13. The van der Waals surface area contributed by atoms with Gasteiger partial charge in [0.1, 0.15) is 17.5 Å². The fourth-order valence-corrected chi connectivity index (χ4v) is 1.70. The first-order valence-electron chi connectivity index (χ1n) is 6.13. The van der Waals surface area contributed by atoms with Crippen LogP contribution in [0.2, 0.25) is 0 Å². The second-order valence-corrected chi connectivity index (χ2v) is 4.36. The predicted octanol–water partition coefficient (Wildman–Crippen LogP) is 0.0220. The molecule has 0 radical (unpaired) electrons. The van der Waals surface area contributed by atoms with Crippen molar-refractivity contribution in [1.82, 2.24) is 20.2 Å². The van der Waals surface area contributed by atoms with Gasteiger partial charge in [-0.3, -0.25) is 4.79 Å². The summed E-state index contributed by atoms with van der Waals surface area (Å²) in [6.45, 7) is 1.73. The first-order chi connectivity index (χ1) is 10.0. The van der Waals surface area contributed by atoms with Gasteiger partial charge in [-0.25, -0.2) is 4.39 Å². The molecule has 8 nitrogen and oxygen atoms in total. The quantitative estimate of drug-likeness (QED) is 0.805. The van der Waals surface area contributed by atoms with Crippen LogP contribution >= 0.6 is 0 Å². The third kappa shape index (κ3) is 3.38. The van der Waals surface area contributed by atoms with E-state index in [2.05, 4.69) is 20.8 Å². The smallest absolute Gasteiger partial charge is 0.243 e. The lowest BCUT2D eigenvalue weighted by molar-refractivity contribution is -0.118. The van der Waals surface area contributed by atoms with E-state index < -0.39 is 17.8 Å². The van der Waals surface area contributed by atoms with Gasteiger partial charge >= 0.3 is 0 Å². The van der Waals surface area contributed by atoms with Gasteiger partial charge in [-0.2, -0.15) is 4.68 Å². The summed E-state index contributed by atoms with van der Waals surface area (Å²) in [6, 6.07) is 3.26. The molecule has 1 unspecified atom stereocenters. The van der Waals surface area contributed by atoms with Crippen LogP contribution < -0.4 is 11.1 Å². The Hall–Kier alpha value is -2.39. The molecule has 0 aliphatic carbocycles. The zero-order valence-corrected chi connectivity index (χ0v) is 11.6. The summed E-state index contributed by atoms with van der Waals surface area (Å²) < 4.78 is 19.9. The maximum absolute atomic E-state index is 13.9. The molecule has 1 atom stereocenters. The van der Waals surface area contributed by atoms with Gasteiger partial charge in [0.15, 0.2) is 5.82 Å². The van der Waals surface area contributed by atoms with Crippen molar-refractivity contribution in [2.75, 3.05) is 19.0 Å². The normalized spacial score (nSPS) is 12.2. The Kier molecular flexibility index (Phi) is 4.55. The molecule has 1 aromatic heterocycles. The number of carbonyl (C=O) groups excluding carboxylic acids is 1. The van der Waals surface area contributed by atoms with Crippen LogP contribution in [0.25, 0.3) is 5.69 Å². The molecule has 1 amide bonds. The van der Waals surface area contributed by atoms with Crippen LogP contribution in [0.4, 0.5) is 10.1 Å². The number of hydrogen-bond acceptors (Lipinski definition) is 6. The Bertz CT molecular complexity index is 644. The van der Waals surface area contributed by atoms with E-state index >= 15 is 0 Å². The van der Waals surface area contributed by atoms with Crippen molar-refractivity contribution in [2.45, 2.75) is 13.0 Å². The van der Waals surface area contributed by atoms with Crippen LogP contribution in [0.15, 0.2) is 18.2 Å². The third-order valence-electron chi connectivity index (χ3n) is 2.75. The first kappa shape index (κ1) is 15.0. The van der Waals surface area contributed by atoms with Gasteiger partial charge in [0.25, 0.3) is 0 Å². The standard InChI is InChI=1S/C12H15FN6O2/c1-7-16-17-18-19(7)11-5-8(3-4-9(11)13)15-12(20)10(14)6-21-2/h3-5,10H,6,14H2,1-2H3,(H,15,20). The Morgan fingerprint density at radius 2 is 2.33 bits per heavy atom. The van der Waals surface area contributed by atoms with E-state index in [0.717, 1.165) is 0 Å². The second-order valence-electron chi connectivity index (χ2n) is 4.36. The van der Waals surface area contributed by atoms with Gasteiger partial charge in [-0.1, -0.05) is 0 Å². The molecule has 0 aliphatic heterocycles. The summed E-state index contributed by atoms with van der Waals surface area (Å²) >= 11 is 0. The van der Waals surface area contributed by atoms with Gasteiger partial charge in [-0.05, 0) is 35.5 Å². The Balaban J connectivity index is 2.24. The number of benzene rings is 1. The fourth-order valence-electron chi connectivity index (χ4n) is 1.70. The average molecular weight is 294 g/mol. The predicted molar refractivity (Wildman–Crippen MR) is 72.3 cm³/mol. The highest BCUT2D eigenvalue weighted by Gasteiger charge is 2.15. The fraction of sp³-hybridized carbons (Fsp3) is 0.333. The molecular formula is C12H15FN6O2. The van der Waals surface area contributed by atoms with Crippen molar-refractivity contribution >= 4 is 11.6 Å². The molecule has 0 saturated carbocycles. The van der Waals surface area contributed by atoms with Crippen molar-refractivity contribution in [3.63, 3.8) is 0 Å². The molecule has 2 rings (SSSR count). The number of nitrogens with one attached hydrogen (secondary N) is 1. The van der Waals surface area contributed by atoms with Crippen LogP contribution in [-0.2, 0) is 9.53 Å². The third-order valence-corrected chi connectivity index (χ3v) is 2.75. The number of ether oxygens (including phenoxy) is 1. The molecule has 0 fully saturated rings. The zero-order chi connectivity index (χ0) is 15.4. The number of rotatable bonds is 5. The maximum Gasteiger partial charge on any atom is 0.243 e. The Morgan fingerprint density at radius 1 is 1.57 bits per heavy atom. The number of halogens is 1. The SMILES string of the molecule is COCC(N)C(=O)Nc1ccc(F)c(-n2nnnc2C)c1. The molecule has 0 bridgehead atoms. The molecule has 3 N–H and O–H groups in total. The van der Waals surface area contributed by atoms with E-state index in [9.17, 15) is 9.18 Å². The van der Waals surface area contributed by atoms with Crippen LogP contribution in [0, 0.1) is 12.7 Å². The van der Waals surface area contributed by atoms with Crippen LogP contribution in [0.5, 0.6) is 0 Å². The van der Waals surface area contributed by atoms with Gasteiger partial charge in [-0.15, -0.1) is 5.10 Å². The topological polar surface area (TPSA) is 108 Å². The summed E-state index contributed by atoms with van der Waals surface area (Å²) in [7, 11) is 1.45. The van der Waals surface area contributed by atoms with E-state index in [1.807, 2.05) is 0 Å². The molecule has 21 heavy (non-hydrogen) atoms. The highest BCUT2D eigenvalue weighted by molar-refractivity contribution is 5.95. The lowest BCUT2D eigenvalue weighted by atomic mass is 10.2. The molecule has 9 heteroatoms. The molecule has 0 saturated heterocycles. The van der Waals surface area contributed by atoms with Gasteiger partial charge in [0.2, 0.25) is 5.91 Å². The highest BCUT2D eigenvalue weighted by Crippen LogP contribution is 2.18. The summed E-state index contributed by atoms with van der Waals surface area (Å²) in [5.41, 5.74) is 6.14.